The van der Waals surface area contributed by atoms with Crippen molar-refractivity contribution < 1.29 is 18.8 Å². The first-order valence-electron chi connectivity index (χ1n) is 9.29. The van der Waals surface area contributed by atoms with Gasteiger partial charge in [0, 0.05) is 4.47 Å². The Morgan fingerprint density at radius 2 is 1.97 bits per heavy atom. The number of carbonyl (C=O) groups is 3. The monoisotopic (exact) mass is 459 g/mol. The molecule has 29 heavy (non-hydrogen) atoms. The molecule has 0 radical (unpaired) electrons. The Bertz CT molecular complexity index is 1040. The fraction of sp³-hybridized carbons (Fsp3) is 0.286. The number of benzene rings is 2. The van der Waals surface area contributed by atoms with Crippen LogP contribution >= 0.6 is 15.9 Å². The average Bonchev–Trinajstić information content (AvgIpc) is 3.22. The van der Waals surface area contributed by atoms with Crippen LogP contribution in [0.5, 0.6) is 0 Å². The fourth-order valence-electron chi connectivity index (χ4n) is 3.84. The van der Waals surface area contributed by atoms with E-state index in [0.717, 1.165) is 24.2 Å². The smallest absolute Gasteiger partial charge is 0.322 e. The van der Waals surface area contributed by atoms with Crippen LogP contribution in [0.1, 0.15) is 30.0 Å². The largest absolute Gasteiger partial charge is 0.325 e. The number of aryl methyl sites for hydroxylation is 2. The zero-order chi connectivity index (χ0) is 20.8. The molecule has 1 unspecified atom stereocenters. The molecule has 0 saturated carbocycles. The number of amides is 4. The molecule has 1 aliphatic heterocycles. The van der Waals surface area contributed by atoms with Crippen LogP contribution in [0.4, 0.5) is 14.9 Å². The fourth-order valence-corrected chi connectivity index (χ4v) is 4.18. The topological polar surface area (TPSA) is 78.5 Å². The van der Waals surface area contributed by atoms with Crippen LogP contribution in [0, 0.1) is 5.82 Å². The SMILES string of the molecule is CC1(c2ccc3c(c2)CCC3)NC(=O)N(CC(=O)Nc2ccc(Br)cc2F)C1=O. The number of urea groups is 1. The van der Waals surface area contributed by atoms with E-state index in [0.29, 0.717) is 10.0 Å². The number of halogens is 2. The van der Waals surface area contributed by atoms with Crippen LogP contribution in [-0.2, 0) is 28.0 Å². The summed E-state index contributed by atoms with van der Waals surface area (Å²) in [5.74, 6) is -1.78. The molecule has 2 N–H and O–H groups in total. The summed E-state index contributed by atoms with van der Waals surface area (Å²) in [6.07, 6.45) is 3.05. The third-order valence-electron chi connectivity index (χ3n) is 5.46. The van der Waals surface area contributed by atoms with E-state index in [4.69, 9.17) is 0 Å². The quantitative estimate of drug-likeness (QED) is 0.686. The van der Waals surface area contributed by atoms with Gasteiger partial charge in [0.05, 0.1) is 5.69 Å². The average molecular weight is 460 g/mol. The molecule has 1 aliphatic carbocycles. The first kappa shape index (κ1) is 19.6. The van der Waals surface area contributed by atoms with Gasteiger partial charge < -0.3 is 10.6 Å². The van der Waals surface area contributed by atoms with E-state index in [-0.39, 0.29) is 5.69 Å². The second kappa shape index (κ2) is 7.26. The third kappa shape index (κ3) is 3.53. The molecule has 4 rings (SSSR count). The molecule has 6 nitrogen and oxygen atoms in total. The van der Waals surface area contributed by atoms with Gasteiger partial charge in [0.1, 0.15) is 17.9 Å². The lowest BCUT2D eigenvalue weighted by molar-refractivity contribution is -0.133. The number of carbonyl (C=O) groups excluding carboxylic acids is 3. The molecule has 8 heteroatoms. The zero-order valence-electron chi connectivity index (χ0n) is 15.7. The third-order valence-corrected chi connectivity index (χ3v) is 5.95. The number of hydrogen-bond donors (Lipinski definition) is 2. The number of fused-ring (bicyclic) bond motifs is 1. The molecule has 1 saturated heterocycles. The Morgan fingerprint density at radius 3 is 2.72 bits per heavy atom. The molecule has 1 fully saturated rings. The molecular formula is C21H19BrFN3O3. The summed E-state index contributed by atoms with van der Waals surface area (Å²) in [5.41, 5.74) is 1.89. The van der Waals surface area contributed by atoms with Crippen molar-refractivity contribution in [3.05, 3.63) is 63.4 Å². The van der Waals surface area contributed by atoms with Gasteiger partial charge in [0.15, 0.2) is 0 Å². The molecule has 1 heterocycles. The first-order chi connectivity index (χ1) is 13.8. The highest BCUT2D eigenvalue weighted by Gasteiger charge is 2.49. The van der Waals surface area contributed by atoms with E-state index in [1.807, 2.05) is 18.2 Å². The van der Waals surface area contributed by atoms with Crippen molar-refractivity contribution in [2.45, 2.75) is 31.7 Å². The number of hydrogen-bond acceptors (Lipinski definition) is 3. The number of nitrogens with one attached hydrogen (secondary N) is 2. The number of nitrogens with zero attached hydrogens (tertiary/aromatic N) is 1. The molecular weight excluding hydrogens is 441 g/mol. The van der Waals surface area contributed by atoms with Gasteiger partial charge in [-0.05, 0) is 61.1 Å². The van der Waals surface area contributed by atoms with E-state index in [1.54, 1.807) is 13.0 Å². The Labute approximate surface area is 175 Å². The summed E-state index contributed by atoms with van der Waals surface area (Å²) in [7, 11) is 0. The van der Waals surface area contributed by atoms with Gasteiger partial charge in [0.2, 0.25) is 5.91 Å². The van der Waals surface area contributed by atoms with E-state index in [2.05, 4.69) is 26.6 Å². The predicted molar refractivity (Wildman–Crippen MR) is 109 cm³/mol. The Balaban J connectivity index is 1.51. The molecule has 0 spiro atoms. The Kier molecular flexibility index (Phi) is 4.90. The van der Waals surface area contributed by atoms with Crippen LogP contribution in [0.2, 0.25) is 0 Å². The van der Waals surface area contributed by atoms with Gasteiger partial charge in [-0.25, -0.2) is 9.18 Å². The number of anilines is 1. The Morgan fingerprint density at radius 1 is 1.21 bits per heavy atom. The summed E-state index contributed by atoms with van der Waals surface area (Å²) < 4.78 is 14.5. The van der Waals surface area contributed by atoms with Crippen molar-refractivity contribution in [1.29, 1.82) is 0 Å². The van der Waals surface area contributed by atoms with E-state index in [9.17, 15) is 18.8 Å². The first-order valence-corrected chi connectivity index (χ1v) is 10.1. The van der Waals surface area contributed by atoms with Crippen LogP contribution in [0.15, 0.2) is 40.9 Å². The maximum absolute atomic E-state index is 13.9. The lowest BCUT2D eigenvalue weighted by Crippen LogP contribution is -2.42. The maximum atomic E-state index is 13.9. The predicted octanol–water partition coefficient (Wildman–Crippen LogP) is 3.48. The lowest BCUT2D eigenvalue weighted by Gasteiger charge is -2.23. The van der Waals surface area contributed by atoms with E-state index in [1.165, 1.54) is 23.3 Å². The molecule has 2 aromatic rings. The van der Waals surface area contributed by atoms with Gasteiger partial charge >= 0.3 is 6.03 Å². The van der Waals surface area contributed by atoms with Crippen molar-refractivity contribution >= 4 is 39.5 Å². The minimum Gasteiger partial charge on any atom is -0.322 e. The molecule has 0 aromatic heterocycles. The number of imide groups is 1. The molecule has 150 valence electrons. The van der Waals surface area contributed by atoms with Crippen LogP contribution < -0.4 is 10.6 Å². The zero-order valence-corrected chi connectivity index (χ0v) is 17.3. The number of rotatable bonds is 4. The van der Waals surface area contributed by atoms with Crippen molar-refractivity contribution in [2.75, 3.05) is 11.9 Å². The molecule has 0 bridgehead atoms. The maximum Gasteiger partial charge on any atom is 0.325 e. The minimum absolute atomic E-state index is 0.0216. The summed E-state index contributed by atoms with van der Waals surface area (Å²) in [4.78, 5) is 38.7. The minimum atomic E-state index is -1.24. The second-order valence-electron chi connectivity index (χ2n) is 7.46. The summed E-state index contributed by atoms with van der Waals surface area (Å²) in [6.45, 7) is 1.14. The standard InChI is InChI=1S/C21H19BrFN3O3/c1-21(14-6-5-12-3-2-4-13(12)9-14)19(28)26(20(29)25-21)11-18(27)24-17-8-7-15(22)10-16(17)23/h5-10H,2-4,11H2,1H3,(H,24,27)(H,25,29). The summed E-state index contributed by atoms with van der Waals surface area (Å²) >= 11 is 3.14. The van der Waals surface area contributed by atoms with Crippen molar-refractivity contribution in [3.63, 3.8) is 0 Å². The van der Waals surface area contributed by atoms with Crippen LogP contribution in [0.25, 0.3) is 0 Å². The molecule has 4 amide bonds. The van der Waals surface area contributed by atoms with E-state index < -0.39 is 35.7 Å². The Hall–Kier alpha value is -2.74. The highest BCUT2D eigenvalue weighted by atomic mass is 79.9. The summed E-state index contributed by atoms with van der Waals surface area (Å²) in [5, 5.41) is 5.10. The van der Waals surface area contributed by atoms with Gasteiger partial charge in [0.25, 0.3) is 5.91 Å². The van der Waals surface area contributed by atoms with Crippen molar-refractivity contribution in [2.24, 2.45) is 0 Å². The molecule has 2 aromatic carbocycles. The van der Waals surface area contributed by atoms with Crippen molar-refractivity contribution in [1.82, 2.24) is 10.2 Å². The van der Waals surface area contributed by atoms with Crippen molar-refractivity contribution in [3.8, 4) is 0 Å². The highest BCUT2D eigenvalue weighted by molar-refractivity contribution is 9.10. The normalized spacial score (nSPS) is 20.6. The van der Waals surface area contributed by atoms with Gasteiger partial charge in [-0.15, -0.1) is 0 Å². The summed E-state index contributed by atoms with van der Waals surface area (Å²) in [6, 6.07) is 9.35. The van der Waals surface area contributed by atoms with Gasteiger partial charge in [-0.1, -0.05) is 34.1 Å². The van der Waals surface area contributed by atoms with Crippen LogP contribution in [-0.4, -0.2) is 29.3 Å². The second-order valence-corrected chi connectivity index (χ2v) is 8.37. The van der Waals surface area contributed by atoms with Gasteiger partial charge in [-0.3, -0.25) is 14.5 Å². The molecule has 2 aliphatic rings. The highest BCUT2D eigenvalue weighted by Crippen LogP contribution is 2.32. The molecule has 1 atom stereocenters. The lowest BCUT2D eigenvalue weighted by atomic mass is 9.89. The van der Waals surface area contributed by atoms with E-state index >= 15 is 0 Å². The van der Waals surface area contributed by atoms with Gasteiger partial charge in [-0.2, -0.15) is 0 Å². The van der Waals surface area contributed by atoms with Crippen LogP contribution in [0.3, 0.4) is 0 Å².